The molecule has 0 atom stereocenters. The molecular formula is C19H31ClN4O3S2. The molecule has 164 valence electrons. The van der Waals surface area contributed by atoms with Gasteiger partial charge in [0.15, 0.2) is 0 Å². The molecule has 0 saturated carbocycles. The van der Waals surface area contributed by atoms with Crippen LogP contribution in [0.2, 0.25) is 4.34 Å². The molecule has 2 aliphatic rings. The van der Waals surface area contributed by atoms with E-state index in [-0.39, 0.29) is 23.1 Å². The van der Waals surface area contributed by atoms with Gasteiger partial charge >= 0.3 is 0 Å². The van der Waals surface area contributed by atoms with Crippen molar-refractivity contribution in [3.63, 3.8) is 0 Å². The maximum absolute atomic E-state index is 13.1. The number of carbonyl (C=O) groups is 1. The maximum Gasteiger partial charge on any atom is 0.252 e. The van der Waals surface area contributed by atoms with E-state index in [4.69, 9.17) is 11.6 Å². The first kappa shape index (κ1) is 23.0. The highest BCUT2D eigenvalue weighted by Crippen LogP contribution is 2.28. The number of nitrogens with zero attached hydrogens (tertiary/aromatic N) is 3. The van der Waals surface area contributed by atoms with Crippen molar-refractivity contribution in [3.05, 3.63) is 16.5 Å². The summed E-state index contributed by atoms with van der Waals surface area (Å²) in [7, 11) is -3.64. The SMILES string of the molecule is O=C(CCN(CCCN1CCCCC1)S(=O)(=O)c1ccc(Cl)s1)N1CCNCC1. The molecule has 0 aromatic carbocycles. The summed E-state index contributed by atoms with van der Waals surface area (Å²) in [5.74, 6) is 0.0203. The van der Waals surface area contributed by atoms with E-state index < -0.39 is 10.0 Å². The Morgan fingerprint density at radius 3 is 2.48 bits per heavy atom. The first-order valence-electron chi connectivity index (χ1n) is 10.4. The molecule has 0 spiro atoms. The molecule has 1 aromatic heterocycles. The maximum atomic E-state index is 13.1. The van der Waals surface area contributed by atoms with Crippen LogP contribution < -0.4 is 5.32 Å². The van der Waals surface area contributed by atoms with E-state index in [1.807, 2.05) is 4.90 Å². The number of hydrogen-bond donors (Lipinski definition) is 1. The fourth-order valence-electron chi connectivity index (χ4n) is 3.86. The highest BCUT2D eigenvalue weighted by Gasteiger charge is 2.27. The molecule has 1 aromatic rings. The minimum Gasteiger partial charge on any atom is -0.340 e. The van der Waals surface area contributed by atoms with E-state index in [0.717, 1.165) is 50.5 Å². The Morgan fingerprint density at radius 2 is 1.83 bits per heavy atom. The van der Waals surface area contributed by atoms with Gasteiger partial charge in [0.05, 0.1) is 4.34 Å². The Bertz CT molecular complexity index is 759. The third-order valence-electron chi connectivity index (χ3n) is 5.52. The summed E-state index contributed by atoms with van der Waals surface area (Å²) < 4.78 is 28.5. The van der Waals surface area contributed by atoms with Crippen molar-refractivity contribution in [1.82, 2.24) is 19.4 Å². The average molecular weight is 463 g/mol. The molecule has 2 fully saturated rings. The lowest BCUT2D eigenvalue weighted by Crippen LogP contribution is -2.47. The first-order chi connectivity index (χ1) is 14.0. The van der Waals surface area contributed by atoms with E-state index in [1.165, 1.54) is 23.6 Å². The van der Waals surface area contributed by atoms with Crippen molar-refractivity contribution >= 4 is 38.9 Å². The lowest BCUT2D eigenvalue weighted by Gasteiger charge is -2.29. The highest BCUT2D eigenvalue weighted by molar-refractivity contribution is 7.91. The number of likely N-dealkylation sites (tertiary alicyclic amines) is 1. The molecule has 0 unspecified atom stereocenters. The summed E-state index contributed by atoms with van der Waals surface area (Å²) in [6, 6.07) is 3.16. The van der Waals surface area contributed by atoms with Gasteiger partial charge in [0.25, 0.3) is 10.0 Å². The standard InChI is InChI=1S/C19H31ClN4O3S2/c20-17-5-6-19(28-17)29(26,27)24(13-4-12-22-10-2-1-3-11-22)14-7-18(25)23-15-8-21-9-16-23/h5-6,21H,1-4,7-16H2. The molecule has 10 heteroatoms. The van der Waals surface area contributed by atoms with Gasteiger partial charge in [-0.25, -0.2) is 8.42 Å². The monoisotopic (exact) mass is 462 g/mol. The van der Waals surface area contributed by atoms with Crippen LogP contribution in [-0.4, -0.2) is 87.3 Å². The van der Waals surface area contributed by atoms with Crippen molar-refractivity contribution in [2.24, 2.45) is 0 Å². The summed E-state index contributed by atoms with van der Waals surface area (Å²) in [5.41, 5.74) is 0. The number of rotatable bonds is 9. The molecule has 0 aliphatic carbocycles. The van der Waals surface area contributed by atoms with Crippen LogP contribution in [0.1, 0.15) is 32.1 Å². The lowest BCUT2D eigenvalue weighted by atomic mass is 10.1. The Morgan fingerprint density at radius 1 is 1.10 bits per heavy atom. The van der Waals surface area contributed by atoms with Gasteiger partial charge in [0, 0.05) is 45.7 Å². The summed E-state index contributed by atoms with van der Waals surface area (Å²) in [5, 5.41) is 3.23. The minimum atomic E-state index is -3.64. The molecule has 2 saturated heterocycles. The van der Waals surface area contributed by atoms with Gasteiger partial charge in [-0.2, -0.15) is 4.31 Å². The number of hydrogen-bond acceptors (Lipinski definition) is 6. The van der Waals surface area contributed by atoms with Gasteiger partial charge in [0.2, 0.25) is 5.91 Å². The van der Waals surface area contributed by atoms with Crippen molar-refractivity contribution in [1.29, 1.82) is 0 Å². The van der Waals surface area contributed by atoms with Crippen LogP contribution in [0, 0.1) is 0 Å². The summed E-state index contributed by atoms with van der Waals surface area (Å²) in [6.45, 7) is 6.65. The van der Waals surface area contributed by atoms with Crippen LogP contribution in [0.4, 0.5) is 0 Å². The van der Waals surface area contributed by atoms with E-state index in [1.54, 1.807) is 12.1 Å². The van der Waals surface area contributed by atoms with Gasteiger partial charge in [-0.15, -0.1) is 11.3 Å². The van der Waals surface area contributed by atoms with Gasteiger partial charge in [0.1, 0.15) is 4.21 Å². The molecule has 1 N–H and O–H groups in total. The normalized spacial score (nSPS) is 19.0. The van der Waals surface area contributed by atoms with E-state index in [9.17, 15) is 13.2 Å². The number of nitrogens with one attached hydrogen (secondary N) is 1. The predicted octanol–water partition coefficient (Wildman–Crippen LogP) is 2.09. The molecular weight excluding hydrogens is 432 g/mol. The van der Waals surface area contributed by atoms with Crippen molar-refractivity contribution in [2.45, 2.75) is 36.3 Å². The number of amides is 1. The second-order valence-electron chi connectivity index (χ2n) is 7.60. The van der Waals surface area contributed by atoms with Gasteiger partial charge in [-0.1, -0.05) is 18.0 Å². The fourth-order valence-corrected chi connectivity index (χ4v) is 6.98. The number of piperazine rings is 1. The number of carbonyl (C=O) groups excluding carboxylic acids is 1. The van der Waals surface area contributed by atoms with E-state index in [2.05, 4.69) is 10.2 Å². The Balaban J connectivity index is 1.61. The zero-order valence-electron chi connectivity index (χ0n) is 16.8. The number of piperidine rings is 1. The second kappa shape index (κ2) is 11.1. The molecule has 1 amide bonds. The van der Waals surface area contributed by atoms with Gasteiger partial charge in [-0.3, -0.25) is 4.79 Å². The molecule has 0 bridgehead atoms. The number of halogens is 1. The molecule has 2 aliphatic heterocycles. The molecule has 3 heterocycles. The quantitative estimate of drug-likeness (QED) is 0.608. The van der Waals surface area contributed by atoms with Crippen LogP contribution in [0.5, 0.6) is 0 Å². The second-order valence-corrected chi connectivity index (χ2v) is 11.5. The Kier molecular flexibility index (Phi) is 8.76. The zero-order valence-corrected chi connectivity index (χ0v) is 19.2. The van der Waals surface area contributed by atoms with Crippen LogP contribution in [0.25, 0.3) is 0 Å². The van der Waals surface area contributed by atoms with E-state index in [0.29, 0.717) is 24.0 Å². The van der Waals surface area contributed by atoms with Crippen LogP contribution >= 0.6 is 22.9 Å². The predicted molar refractivity (Wildman–Crippen MR) is 117 cm³/mol. The summed E-state index contributed by atoms with van der Waals surface area (Å²) in [6.07, 6.45) is 4.69. The molecule has 7 nitrogen and oxygen atoms in total. The van der Waals surface area contributed by atoms with E-state index >= 15 is 0 Å². The smallest absolute Gasteiger partial charge is 0.252 e. The number of sulfonamides is 1. The van der Waals surface area contributed by atoms with Crippen molar-refractivity contribution in [3.8, 4) is 0 Å². The molecule has 29 heavy (non-hydrogen) atoms. The molecule has 0 radical (unpaired) electrons. The van der Waals surface area contributed by atoms with Gasteiger partial charge in [-0.05, 0) is 51.0 Å². The lowest BCUT2D eigenvalue weighted by molar-refractivity contribution is -0.131. The fraction of sp³-hybridized carbons (Fsp3) is 0.737. The van der Waals surface area contributed by atoms with Crippen LogP contribution in [0.3, 0.4) is 0 Å². The zero-order chi connectivity index (χ0) is 20.7. The topological polar surface area (TPSA) is 73.0 Å². The highest BCUT2D eigenvalue weighted by atomic mass is 35.5. The molecule has 3 rings (SSSR count). The largest absolute Gasteiger partial charge is 0.340 e. The third-order valence-corrected chi connectivity index (χ3v) is 9.12. The van der Waals surface area contributed by atoms with Crippen LogP contribution in [-0.2, 0) is 14.8 Å². The van der Waals surface area contributed by atoms with Crippen molar-refractivity contribution in [2.75, 3.05) is 58.9 Å². The summed E-state index contributed by atoms with van der Waals surface area (Å²) in [4.78, 5) is 16.8. The van der Waals surface area contributed by atoms with Crippen molar-refractivity contribution < 1.29 is 13.2 Å². The number of thiophene rings is 1. The van der Waals surface area contributed by atoms with Gasteiger partial charge < -0.3 is 15.1 Å². The summed E-state index contributed by atoms with van der Waals surface area (Å²) >= 11 is 7.04. The Hall–Kier alpha value is -0.710. The Labute approximate surface area is 183 Å². The first-order valence-corrected chi connectivity index (χ1v) is 13.1. The average Bonchev–Trinajstić information content (AvgIpc) is 3.19. The third kappa shape index (κ3) is 6.63. The minimum absolute atomic E-state index is 0.0203. The van der Waals surface area contributed by atoms with Crippen LogP contribution in [0.15, 0.2) is 16.3 Å².